The average Bonchev–Trinajstić information content (AvgIpc) is 3.00. The number of hydrogen-bond acceptors (Lipinski definition) is 7. The molecular weight excluding hydrogens is 650 g/mol. The molecule has 1 aliphatic heterocycles. The second kappa shape index (κ2) is 16.0. The van der Waals surface area contributed by atoms with E-state index in [4.69, 9.17) is 0 Å². The Morgan fingerprint density at radius 1 is 0.959 bits per heavy atom. The van der Waals surface area contributed by atoms with Gasteiger partial charge in [0.05, 0.1) is 22.9 Å². The van der Waals surface area contributed by atoms with Gasteiger partial charge in [0.1, 0.15) is 17.7 Å². The third-order valence-corrected chi connectivity index (χ3v) is 12.4. The third-order valence-electron chi connectivity index (χ3n) is 10.3. The number of likely N-dealkylation sites (tertiary alicyclic amines) is 1. The van der Waals surface area contributed by atoms with Crippen molar-refractivity contribution in [3.8, 4) is 0 Å². The predicted molar refractivity (Wildman–Crippen MR) is 187 cm³/mol. The second-order valence-electron chi connectivity index (χ2n) is 15.5. The molecule has 0 spiro atoms. The van der Waals surface area contributed by atoms with Gasteiger partial charge in [0.2, 0.25) is 11.8 Å². The zero-order valence-corrected chi connectivity index (χ0v) is 30.5. The first-order valence-electron chi connectivity index (χ1n) is 17.3. The molecule has 272 valence electrons. The lowest BCUT2D eigenvalue weighted by molar-refractivity contribution is -0.133. The van der Waals surface area contributed by atoms with E-state index in [-0.39, 0.29) is 24.4 Å². The summed E-state index contributed by atoms with van der Waals surface area (Å²) in [6, 6.07) is 9.94. The van der Waals surface area contributed by atoms with E-state index in [1.54, 1.807) is 0 Å². The van der Waals surface area contributed by atoms with Crippen molar-refractivity contribution in [1.82, 2.24) is 20.9 Å². The number of benzene rings is 2. The monoisotopic (exact) mass is 704 g/mol. The minimum Gasteiger partial charge on any atom is -0.390 e. The first-order chi connectivity index (χ1) is 22.9. The van der Waals surface area contributed by atoms with Crippen LogP contribution in [-0.2, 0) is 32.4 Å². The fourth-order valence-corrected chi connectivity index (χ4v) is 7.80. The molecule has 9 nitrogen and oxygen atoms in total. The molecule has 2 fully saturated rings. The van der Waals surface area contributed by atoms with E-state index in [0.717, 1.165) is 49.6 Å². The molecule has 2 aliphatic rings. The van der Waals surface area contributed by atoms with E-state index in [1.165, 1.54) is 19.9 Å². The number of piperidine rings is 1. The van der Waals surface area contributed by atoms with E-state index in [1.807, 2.05) is 56.0 Å². The summed E-state index contributed by atoms with van der Waals surface area (Å²) in [6.45, 7) is 8.88. The maximum Gasteiger partial charge on any atom is 0.239 e. The van der Waals surface area contributed by atoms with Crippen LogP contribution < -0.4 is 16.0 Å². The molecule has 1 saturated carbocycles. The first kappa shape index (κ1) is 38.9. The summed E-state index contributed by atoms with van der Waals surface area (Å²) in [5, 5.41) is 20.7. The van der Waals surface area contributed by atoms with Gasteiger partial charge < -0.3 is 21.1 Å². The van der Waals surface area contributed by atoms with Crippen LogP contribution in [0.2, 0.25) is 0 Å². The molecule has 0 radical (unpaired) electrons. The normalized spacial score (nSPS) is 22.4. The number of nitrogens with zero attached hydrogens (tertiary/aromatic N) is 1. The van der Waals surface area contributed by atoms with Crippen molar-refractivity contribution in [2.24, 2.45) is 11.8 Å². The summed E-state index contributed by atoms with van der Waals surface area (Å²) < 4.78 is 53.3. The smallest absolute Gasteiger partial charge is 0.239 e. The number of rotatable bonds is 13. The highest BCUT2D eigenvalue weighted by Gasteiger charge is 2.45. The van der Waals surface area contributed by atoms with E-state index >= 15 is 0 Å². The molecule has 2 amide bonds. The standard InChI is InChI=1S/C37H54F2N4O5S/c1-36(2,3)42-34(45)31-20-25-15-10-11-16-26(25)22-43(31)23-32(44)30(19-24-13-8-7-9-14-24)41-35(46)33(37(4,5)49(6,47)48)40-21-27-28(38)17-12-18-29(27)39/h7-9,12-14,17-18,25-26,30-33,40,44H,10-11,15-16,19-23H2,1-6H3,(H,41,46)(H,42,45)/t25-,26+,30-,31-,32+,33+/m0/s1. The van der Waals surface area contributed by atoms with Crippen LogP contribution in [0, 0.1) is 23.5 Å². The number of halogens is 2. The molecule has 6 atom stereocenters. The molecule has 0 unspecified atom stereocenters. The number of amides is 2. The maximum atomic E-state index is 14.5. The zero-order chi connectivity index (χ0) is 36.1. The van der Waals surface area contributed by atoms with Crippen LogP contribution in [0.4, 0.5) is 8.78 Å². The molecule has 1 heterocycles. The molecule has 0 bridgehead atoms. The zero-order valence-electron chi connectivity index (χ0n) is 29.6. The Hall–Kier alpha value is -2.93. The predicted octanol–water partition coefficient (Wildman–Crippen LogP) is 4.13. The van der Waals surface area contributed by atoms with Crippen LogP contribution in [0.3, 0.4) is 0 Å². The Balaban J connectivity index is 1.62. The van der Waals surface area contributed by atoms with Crippen LogP contribution in [0.15, 0.2) is 48.5 Å². The summed E-state index contributed by atoms with van der Waals surface area (Å²) in [5.41, 5.74) is 0.0746. The van der Waals surface area contributed by atoms with Gasteiger partial charge in [-0.05, 0) is 83.4 Å². The van der Waals surface area contributed by atoms with Crippen molar-refractivity contribution >= 4 is 21.7 Å². The van der Waals surface area contributed by atoms with Crippen LogP contribution in [0.25, 0.3) is 0 Å². The van der Waals surface area contributed by atoms with Crippen LogP contribution in [0.5, 0.6) is 0 Å². The number of carbonyl (C=O) groups excluding carboxylic acids is 2. The number of nitrogens with one attached hydrogen (secondary N) is 3. The van der Waals surface area contributed by atoms with E-state index < -0.39 is 68.4 Å². The topological polar surface area (TPSA) is 128 Å². The molecule has 1 aliphatic carbocycles. The van der Waals surface area contributed by atoms with Crippen molar-refractivity contribution in [3.05, 3.63) is 71.3 Å². The van der Waals surface area contributed by atoms with Gasteiger partial charge in [0.15, 0.2) is 9.84 Å². The van der Waals surface area contributed by atoms with Gasteiger partial charge in [-0.15, -0.1) is 0 Å². The number of β-amino-alcohol motifs (C(OH)–C–C–N with tert-alkyl or cyclic N) is 1. The minimum atomic E-state index is -3.88. The number of sulfone groups is 1. The van der Waals surface area contributed by atoms with Gasteiger partial charge in [-0.3, -0.25) is 14.5 Å². The number of carbonyl (C=O) groups is 2. The summed E-state index contributed by atoms with van der Waals surface area (Å²) >= 11 is 0. The number of hydrogen-bond donors (Lipinski definition) is 4. The Bertz CT molecular complexity index is 1530. The van der Waals surface area contributed by atoms with Crippen molar-refractivity contribution in [2.75, 3.05) is 19.3 Å². The molecule has 4 N–H and O–H groups in total. The van der Waals surface area contributed by atoms with Crippen molar-refractivity contribution in [2.45, 2.75) is 114 Å². The lowest BCUT2D eigenvalue weighted by atomic mass is 9.72. The third kappa shape index (κ3) is 10.1. The Labute approximate surface area is 290 Å². The molecule has 4 rings (SSSR count). The summed E-state index contributed by atoms with van der Waals surface area (Å²) in [4.78, 5) is 29.8. The number of aliphatic hydroxyl groups excluding tert-OH is 1. The largest absolute Gasteiger partial charge is 0.390 e. The Morgan fingerprint density at radius 3 is 2.16 bits per heavy atom. The minimum absolute atomic E-state index is 0.0908. The summed E-state index contributed by atoms with van der Waals surface area (Å²) in [7, 11) is -3.88. The highest BCUT2D eigenvalue weighted by Crippen LogP contribution is 2.39. The van der Waals surface area contributed by atoms with Crippen molar-refractivity contribution in [1.29, 1.82) is 0 Å². The lowest BCUT2D eigenvalue weighted by Crippen LogP contribution is -2.63. The molecule has 0 aromatic heterocycles. The van der Waals surface area contributed by atoms with E-state index in [0.29, 0.717) is 24.8 Å². The molecule has 2 aromatic rings. The summed E-state index contributed by atoms with van der Waals surface area (Å²) in [6.07, 6.45) is 5.19. The first-order valence-corrected chi connectivity index (χ1v) is 19.2. The fraction of sp³-hybridized carbons (Fsp3) is 0.622. The quantitative estimate of drug-likeness (QED) is 0.247. The summed E-state index contributed by atoms with van der Waals surface area (Å²) in [5.74, 6) is -1.64. The molecule has 2 aromatic carbocycles. The Morgan fingerprint density at radius 2 is 1.57 bits per heavy atom. The van der Waals surface area contributed by atoms with Crippen molar-refractivity contribution in [3.63, 3.8) is 0 Å². The average molecular weight is 705 g/mol. The van der Waals surface area contributed by atoms with Gasteiger partial charge in [0.25, 0.3) is 0 Å². The lowest BCUT2D eigenvalue weighted by Gasteiger charge is -2.47. The highest BCUT2D eigenvalue weighted by molar-refractivity contribution is 7.92. The van der Waals surface area contributed by atoms with E-state index in [9.17, 15) is 31.9 Å². The second-order valence-corrected chi connectivity index (χ2v) is 18.1. The van der Waals surface area contributed by atoms with Gasteiger partial charge in [0, 0.05) is 37.0 Å². The van der Waals surface area contributed by atoms with Crippen LogP contribution in [0.1, 0.15) is 77.8 Å². The molecule has 49 heavy (non-hydrogen) atoms. The number of aliphatic hydroxyl groups is 1. The molecule has 12 heteroatoms. The molecular formula is C37H54F2N4O5S. The highest BCUT2D eigenvalue weighted by atomic mass is 32.2. The SMILES string of the molecule is CC(C)(C)NC(=O)[C@@H]1C[C@@H]2CCCC[C@@H]2CN1C[C@@H](O)[C@H](Cc1ccccc1)NC(=O)[C@@H](NCc1c(F)cccc1F)C(C)(C)S(C)(=O)=O. The Kier molecular flexibility index (Phi) is 12.7. The van der Waals surface area contributed by atoms with Gasteiger partial charge in [-0.1, -0.05) is 55.7 Å². The van der Waals surface area contributed by atoms with Crippen LogP contribution in [-0.4, -0.2) is 84.1 Å². The number of fused-ring (bicyclic) bond motifs is 1. The van der Waals surface area contributed by atoms with Crippen molar-refractivity contribution < 1.29 is 31.9 Å². The molecule has 1 saturated heterocycles. The van der Waals surface area contributed by atoms with Crippen LogP contribution >= 0.6 is 0 Å². The van der Waals surface area contributed by atoms with E-state index in [2.05, 4.69) is 16.0 Å². The van der Waals surface area contributed by atoms with Gasteiger partial charge in [-0.25, -0.2) is 17.2 Å². The van der Waals surface area contributed by atoms with Gasteiger partial charge >= 0.3 is 0 Å². The van der Waals surface area contributed by atoms with Gasteiger partial charge in [-0.2, -0.15) is 0 Å². The maximum absolute atomic E-state index is 14.5. The fourth-order valence-electron chi connectivity index (χ4n) is 7.19.